The molecule has 1 aliphatic carbocycles. The number of rotatable bonds is 5. The standard InChI is InChI=1S/C13H25N3O/c1-10(9-16-5-3-2-4-6-16)8-15-13(17)11-7-12(11)14/h10-12H,2-9,14H2,1H3,(H,15,17). The molecule has 3 atom stereocenters. The van der Waals surface area contributed by atoms with Crippen LogP contribution in [0.4, 0.5) is 0 Å². The van der Waals surface area contributed by atoms with E-state index in [1.54, 1.807) is 0 Å². The largest absolute Gasteiger partial charge is 0.355 e. The maximum absolute atomic E-state index is 11.6. The third-order valence-corrected chi connectivity index (χ3v) is 3.82. The Morgan fingerprint density at radius 1 is 1.41 bits per heavy atom. The first kappa shape index (κ1) is 12.8. The summed E-state index contributed by atoms with van der Waals surface area (Å²) in [5, 5.41) is 3.02. The Labute approximate surface area is 104 Å². The molecule has 1 saturated heterocycles. The topological polar surface area (TPSA) is 58.4 Å². The van der Waals surface area contributed by atoms with Crippen molar-refractivity contribution < 1.29 is 4.79 Å². The number of carbonyl (C=O) groups is 1. The molecule has 1 heterocycles. The average molecular weight is 239 g/mol. The van der Waals surface area contributed by atoms with Gasteiger partial charge in [-0.25, -0.2) is 0 Å². The third kappa shape index (κ3) is 3.96. The summed E-state index contributed by atoms with van der Waals surface area (Å²) in [4.78, 5) is 14.1. The second kappa shape index (κ2) is 5.83. The minimum atomic E-state index is 0.0946. The second-order valence-electron chi connectivity index (χ2n) is 5.72. The van der Waals surface area contributed by atoms with Crippen LogP contribution in [-0.4, -0.2) is 43.0 Å². The highest BCUT2D eigenvalue weighted by molar-refractivity contribution is 5.82. The summed E-state index contributed by atoms with van der Waals surface area (Å²) >= 11 is 0. The number of carbonyl (C=O) groups excluding carboxylic acids is 1. The highest BCUT2D eigenvalue weighted by Gasteiger charge is 2.39. The van der Waals surface area contributed by atoms with E-state index in [2.05, 4.69) is 17.1 Å². The van der Waals surface area contributed by atoms with Crippen LogP contribution in [0.15, 0.2) is 0 Å². The lowest BCUT2D eigenvalue weighted by molar-refractivity contribution is -0.122. The predicted molar refractivity (Wildman–Crippen MR) is 68.5 cm³/mol. The van der Waals surface area contributed by atoms with Gasteiger partial charge in [0.1, 0.15) is 0 Å². The normalized spacial score (nSPS) is 30.9. The molecule has 2 rings (SSSR count). The number of piperidine rings is 1. The molecule has 1 aliphatic heterocycles. The van der Waals surface area contributed by atoms with Gasteiger partial charge >= 0.3 is 0 Å². The molecule has 3 N–H and O–H groups in total. The minimum absolute atomic E-state index is 0.0946. The fourth-order valence-corrected chi connectivity index (χ4v) is 2.57. The lowest BCUT2D eigenvalue weighted by Crippen LogP contribution is -2.38. The van der Waals surface area contributed by atoms with Gasteiger partial charge in [-0.15, -0.1) is 0 Å². The molecule has 3 unspecified atom stereocenters. The van der Waals surface area contributed by atoms with Gasteiger partial charge in [0.25, 0.3) is 0 Å². The summed E-state index contributed by atoms with van der Waals surface area (Å²) in [5.41, 5.74) is 5.65. The molecule has 4 nitrogen and oxygen atoms in total. The van der Waals surface area contributed by atoms with Gasteiger partial charge in [0, 0.05) is 19.1 Å². The number of amides is 1. The monoisotopic (exact) mass is 239 g/mol. The van der Waals surface area contributed by atoms with E-state index in [1.165, 1.54) is 32.4 Å². The van der Waals surface area contributed by atoms with Gasteiger partial charge in [0.05, 0.1) is 5.92 Å². The molecule has 4 heteroatoms. The number of nitrogens with two attached hydrogens (primary N) is 1. The summed E-state index contributed by atoms with van der Waals surface area (Å²) in [6.07, 6.45) is 4.90. The highest BCUT2D eigenvalue weighted by atomic mass is 16.2. The van der Waals surface area contributed by atoms with Gasteiger partial charge in [0.2, 0.25) is 5.91 Å². The molecular weight excluding hydrogens is 214 g/mol. The van der Waals surface area contributed by atoms with Crippen LogP contribution in [0.25, 0.3) is 0 Å². The fraction of sp³-hybridized carbons (Fsp3) is 0.923. The van der Waals surface area contributed by atoms with E-state index < -0.39 is 0 Å². The van der Waals surface area contributed by atoms with Gasteiger partial charge in [-0.2, -0.15) is 0 Å². The van der Waals surface area contributed by atoms with Crippen LogP contribution in [0.3, 0.4) is 0 Å². The van der Waals surface area contributed by atoms with E-state index in [4.69, 9.17) is 5.73 Å². The maximum Gasteiger partial charge on any atom is 0.224 e. The molecule has 2 fully saturated rings. The summed E-state index contributed by atoms with van der Waals surface area (Å²) in [7, 11) is 0. The zero-order chi connectivity index (χ0) is 12.3. The SMILES string of the molecule is CC(CNC(=O)C1CC1N)CN1CCCCC1. The first-order valence-corrected chi connectivity index (χ1v) is 6.92. The highest BCUT2D eigenvalue weighted by Crippen LogP contribution is 2.27. The fourth-order valence-electron chi connectivity index (χ4n) is 2.57. The molecule has 0 aromatic carbocycles. The number of likely N-dealkylation sites (tertiary alicyclic amines) is 1. The van der Waals surface area contributed by atoms with Crippen LogP contribution in [0.1, 0.15) is 32.6 Å². The summed E-state index contributed by atoms with van der Waals surface area (Å²) in [6, 6.07) is 0.118. The number of hydrogen-bond donors (Lipinski definition) is 2. The average Bonchev–Trinajstić information content (AvgIpc) is 3.05. The molecule has 1 saturated carbocycles. The van der Waals surface area contributed by atoms with Gasteiger partial charge in [0.15, 0.2) is 0 Å². The maximum atomic E-state index is 11.6. The zero-order valence-electron chi connectivity index (χ0n) is 10.8. The van der Waals surface area contributed by atoms with Crippen molar-refractivity contribution in [3.8, 4) is 0 Å². The van der Waals surface area contributed by atoms with Gasteiger partial charge in [-0.3, -0.25) is 4.79 Å². The van der Waals surface area contributed by atoms with Crippen molar-refractivity contribution in [3.05, 3.63) is 0 Å². The lowest BCUT2D eigenvalue weighted by atomic mass is 10.1. The van der Waals surface area contributed by atoms with Crippen molar-refractivity contribution >= 4 is 5.91 Å². The Hall–Kier alpha value is -0.610. The summed E-state index contributed by atoms with van der Waals surface area (Å²) in [5.74, 6) is 0.784. The van der Waals surface area contributed by atoms with E-state index in [0.29, 0.717) is 5.92 Å². The number of nitrogens with one attached hydrogen (secondary N) is 1. The van der Waals surface area contributed by atoms with E-state index in [1.807, 2.05) is 0 Å². The van der Waals surface area contributed by atoms with Crippen molar-refractivity contribution in [3.63, 3.8) is 0 Å². The van der Waals surface area contributed by atoms with Crippen LogP contribution < -0.4 is 11.1 Å². The molecule has 0 radical (unpaired) electrons. The third-order valence-electron chi connectivity index (χ3n) is 3.82. The van der Waals surface area contributed by atoms with Crippen molar-refractivity contribution in [2.45, 2.75) is 38.6 Å². The van der Waals surface area contributed by atoms with Crippen LogP contribution in [-0.2, 0) is 4.79 Å². The van der Waals surface area contributed by atoms with Crippen LogP contribution in [0.5, 0.6) is 0 Å². The molecule has 98 valence electrons. The Bertz CT molecular complexity index is 263. The quantitative estimate of drug-likeness (QED) is 0.737. The number of hydrogen-bond acceptors (Lipinski definition) is 3. The smallest absolute Gasteiger partial charge is 0.224 e. The van der Waals surface area contributed by atoms with Crippen molar-refractivity contribution in [2.75, 3.05) is 26.2 Å². The van der Waals surface area contributed by atoms with Crippen LogP contribution in [0, 0.1) is 11.8 Å². The molecule has 0 aromatic rings. The molecule has 1 amide bonds. The number of nitrogens with zero attached hydrogens (tertiary/aromatic N) is 1. The minimum Gasteiger partial charge on any atom is -0.355 e. The summed E-state index contributed by atoms with van der Waals surface area (Å²) in [6.45, 7) is 6.56. The Morgan fingerprint density at radius 3 is 2.65 bits per heavy atom. The van der Waals surface area contributed by atoms with Gasteiger partial charge < -0.3 is 16.0 Å². The summed E-state index contributed by atoms with van der Waals surface area (Å²) < 4.78 is 0. The molecule has 0 aromatic heterocycles. The second-order valence-corrected chi connectivity index (χ2v) is 5.72. The van der Waals surface area contributed by atoms with Crippen molar-refractivity contribution in [2.24, 2.45) is 17.6 Å². The van der Waals surface area contributed by atoms with E-state index in [0.717, 1.165) is 19.5 Å². The lowest BCUT2D eigenvalue weighted by Gasteiger charge is -2.29. The molecule has 17 heavy (non-hydrogen) atoms. The first-order chi connectivity index (χ1) is 8.16. The van der Waals surface area contributed by atoms with Crippen molar-refractivity contribution in [1.29, 1.82) is 0 Å². The molecule has 2 aliphatic rings. The van der Waals surface area contributed by atoms with Crippen molar-refractivity contribution in [1.82, 2.24) is 10.2 Å². The van der Waals surface area contributed by atoms with Crippen LogP contribution >= 0.6 is 0 Å². The van der Waals surface area contributed by atoms with E-state index >= 15 is 0 Å². The van der Waals surface area contributed by atoms with Crippen LogP contribution in [0.2, 0.25) is 0 Å². The van der Waals surface area contributed by atoms with Gasteiger partial charge in [-0.1, -0.05) is 13.3 Å². The Balaban J connectivity index is 1.59. The zero-order valence-corrected chi connectivity index (χ0v) is 10.8. The predicted octanol–water partition coefficient (Wildman–Crippen LogP) is 0.572. The van der Waals surface area contributed by atoms with E-state index in [9.17, 15) is 4.79 Å². The molecular formula is C13H25N3O. The van der Waals surface area contributed by atoms with E-state index in [-0.39, 0.29) is 17.9 Å². The Morgan fingerprint density at radius 2 is 2.06 bits per heavy atom. The molecule has 0 bridgehead atoms. The Kier molecular flexibility index (Phi) is 4.40. The first-order valence-electron chi connectivity index (χ1n) is 6.92. The van der Waals surface area contributed by atoms with Gasteiger partial charge in [-0.05, 0) is 38.3 Å². The molecule has 0 spiro atoms.